The van der Waals surface area contributed by atoms with Gasteiger partial charge in [-0.2, -0.15) is 0 Å². The van der Waals surface area contributed by atoms with Gasteiger partial charge in [-0.25, -0.2) is 26.5 Å². The molecule has 0 radical (unpaired) electrons. The number of β-lactam (4-membered cyclic amide) rings is 1. The normalized spacial score (nSPS) is 20.9. The first-order valence-electron chi connectivity index (χ1n) is 9.53. The number of hydrogen-bond acceptors (Lipinski definition) is 13. The molecule has 0 aliphatic carbocycles. The molecule has 19 heteroatoms. The summed E-state index contributed by atoms with van der Waals surface area (Å²) in [5, 5.41) is 13.7. The van der Waals surface area contributed by atoms with Crippen molar-refractivity contribution in [3.8, 4) is 0 Å². The summed E-state index contributed by atoms with van der Waals surface area (Å²) in [4.78, 5) is 42.6. The summed E-state index contributed by atoms with van der Waals surface area (Å²) in [6, 6.07) is -1.03. The number of fused-ring (bicyclic) bond motifs is 1. The number of sulfonamides is 1. The number of thiol groups is 1. The number of thioether (sulfide) groups is 1. The molecule has 1 unspecified atom stereocenters. The van der Waals surface area contributed by atoms with Gasteiger partial charge in [0.05, 0.1) is 5.70 Å². The largest absolute Gasteiger partial charge is 0.410 e. The molecular weight excluding hydrogens is 565 g/mol. The number of amides is 2. The number of carbonyl (C=O) groups excluding carboxylic acids is 3. The third-order valence-corrected chi connectivity index (χ3v) is 10.6. The van der Waals surface area contributed by atoms with Crippen LogP contribution in [0.3, 0.4) is 0 Å². The van der Waals surface area contributed by atoms with Crippen LogP contribution in [0, 0.1) is 0 Å². The first-order valence-corrected chi connectivity index (χ1v) is 15.6. The Hall–Kier alpha value is -2.19. The molecule has 1 aromatic rings. The third-order valence-electron chi connectivity index (χ3n) is 4.73. The maximum Gasteiger partial charge on any atom is 0.276 e. The number of sulfone groups is 1. The van der Waals surface area contributed by atoms with E-state index < -0.39 is 59.0 Å². The molecule has 0 aromatic carbocycles. The monoisotopic (exact) mass is 584 g/mol. The van der Waals surface area contributed by atoms with Crippen molar-refractivity contribution in [3.05, 3.63) is 22.3 Å². The maximum atomic E-state index is 12.8. The van der Waals surface area contributed by atoms with E-state index in [1.54, 1.807) is 0 Å². The second kappa shape index (κ2) is 10.4. The molecule has 0 bridgehead atoms. The number of aromatic nitrogens is 1. The zero-order chi connectivity index (χ0) is 26.1. The van der Waals surface area contributed by atoms with Gasteiger partial charge in [-0.05, 0) is 12.0 Å². The summed E-state index contributed by atoms with van der Waals surface area (Å²) in [6.45, 7) is -0.196. The van der Waals surface area contributed by atoms with Crippen LogP contribution < -0.4 is 15.8 Å². The van der Waals surface area contributed by atoms with Crippen molar-refractivity contribution in [2.45, 2.75) is 17.8 Å². The van der Waals surface area contributed by atoms with Gasteiger partial charge in [-0.3, -0.25) is 19.3 Å². The fraction of sp³-hybridized carbons (Fsp3) is 0.438. The summed E-state index contributed by atoms with van der Waals surface area (Å²) in [5.74, 6) is -1.26. The van der Waals surface area contributed by atoms with Gasteiger partial charge in [0, 0.05) is 23.9 Å². The zero-order valence-corrected chi connectivity index (χ0v) is 22.0. The number of hydrogen-bond donors (Lipinski definition) is 5. The lowest BCUT2D eigenvalue weighted by Crippen LogP contribution is -2.70. The fourth-order valence-electron chi connectivity index (χ4n) is 3.37. The third kappa shape index (κ3) is 6.33. The minimum absolute atomic E-state index is 0.0255. The standard InChI is InChI=1S/C16H20N6O8S5/c1-34(27,28)6-35(29,30)18-3-2-7-4-32-14-10(13(24)22(14)11(7)15(25)31)20-12(23)9(21-26)8-5-33-16(17)19-8/h5,10,14,18,26H,2-4,6H2,1H3,(H2,17,19)(H,20,23)(H,25,31)/b21-9-/t10?,14-/m1/s1. The van der Waals surface area contributed by atoms with Gasteiger partial charge < -0.3 is 16.3 Å². The molecule has 2 aliphatic heterocycles. The van der Waals surface area contributed by atoms with E-state index in [0.717, 1.165) is 22.5 Å². The highest BCUT2D eigenvalue weighted by atomic mass is 32.3. The van der Waals surface area contributed by atoms with E-state index in [2.05, 4.69) is 32.8 Å². The van der Waals surface area contributed by atoms with Crippen LogP contribution in [0.15, 0.2) is 21.8 Å². The Bertz CT molecular complexity index is 1340. The van der Waals surface area contributed by atoms with Crippen LogP contribution in [0.1, 0.15) is 12.1 Å². The van der Waals surface area contributed by atoms with E-state index in [9.17, 15) is 36.4 Å². The van der Waals surface area contributed by atoms with E-state index in [1.165, 1.54) is 17.1 Å². The summed E-state index contributed by atoms with van der Waals surface area (Å²) in [7, 11) is -7.87. The van der Waals surface area contributed by atoms with E-state index >= 15 is 0 Å². The van der Waals surface area contributed by atoms with Gasteiger partial charge >= 0.3 is 0 Å². The average Bonchev–Trinajstić information content (AvgIpc) is 3.15. The Balaban J connectivity index is 1.70. The Morgan fingerprint density at radius 1 is 1.37 bits per heavy atom. The molecule has 0 spiro atoms. The minimum atomic E-state index is -4.10. The van der Waals surface area contributed by atoms with Crippen LogP contribution in [0.25, 0.3) is 0 Å². The molecule has 3 heterocycles. The highest BCUT2D eigenvalue weighted by Crippen LogP contribution is 2.41. The maximum absolute atomic E-state index is 12.8. The summed E-state index contributed by atoms with van der Waals surface area (Å²) in [5.41, 5.74) is 5.52. The van der Waals surface area contributed by atoms with Gasteiger partial charge in [0.25, 0.3) is 11.8 Å². The molecular formula is C16H20N6O8S5. The number of nitrogens with zero attached hydrogens (tertiary/aromatic N) is 3. The predicted octanol–water partition coefficient (Wildman–Crippen LogP) is -1.67. The highest BCUT2D eigenvalue weighted by Gasteiger charge is 2.53. The molecule has 2 atom stereocenters. The number of anilines is 1. The molecule has 1 saturated heterocycles. The Morgan fingerprint density at radius 2 is 2.06 bits per heavy atom. The van der Waals surface area contributed by atoms with Gasteiger partial charge in [0.1, 0.15) is 17.1 Å². The summed E-state index contributed by atoms with van der Waals surface area (Å²) in [6.07, 6.45) is 0.814. The van der Waals surface area contributed by atoms with E-state index in [4.69, 9.17) is 5.73 Å². The first-order chi connectivity index (χ1) is 16.2. The highest BCUT2D eigenvalue weighted by molar-refractivity contribution is 8.06. The number of thiazole rings is 1. The van der Waals surface area contributed by atoms with Crippen LogP contribution in [-0.4, -0.2) is 89.6 Å². The van der Waals surface area contributed by atoms with Crippen molar-refractivity contribution >= 4 is 83.4 Å². The van der Waals surface area contributed by atoms with Crippen molar-refractivity contribution in [2.24, 2.45) is 5.16 Å². The molecule has 2 aliphatic rings. The SMILES string of the molecule is CS(=O)(=O)CS(=O)(=O)NCCC1=C(C(=O)S)N2C(=O)C(NC(=O)/C(=N\O)c3csc(N)n3)[C@H]2SC1. The van der Waals surface area contributed by atoms with Crippen molar-refractivity contribution in [1.82, 2.24) is 19.9 Å². The van der Waals surface area contributed by atoms with Crippen molar-refractivity contribution in [1.29, 1.82) is 0 Å². The van der Waals surface area contributed by atoms with Gasteiger partial charge in [-0.1, -0.05) is 17.8 Å². The first kappa shape index (κ1) is 27.4. The second-order valence-electron chi connectivity index (χ2n) is 7.44. The molecule has 1 fully saturated rings. The van der Waals surface area contributed by atoms with Gasteiger partial charge in [0.15, 0.2) is 25.8 Å². The molecule has 3 rings (SSSR count). The van der Waals surface area contributed by atoms with Crippen LogP contribution in [-0.2, 0) is 34.2 Å². The van der Waals surface area contributed by atoms with Crippen LogP contribution in [0.5, 0.6) is 0 Å². The lowest BCUT2D eigenvalue weighted by Gasteiger charge is -2.49. The topological polar surface area (TPSA) is 218 Å². The smallest absolute Gasteiger partial charge is 0.276 e. The van der Waals surface area contributed by atoms with E-state index in [-0.39, 0.29) is 35.2 Å². The quantitative estimate of drug-likeness (QED) is 0.0688. The second-order valence-corrected chi connectivity index (χ2v) is 14.2. The molecule has 2 amide bonds. The van der Waals surface area contributed by atoms with Crippen LogP contribution in [0.4, 0.5) is 5.13 Å². The van der Waals surface area contributed by atoms with Crippen molar-refractivity contribution < 1.29 is 36.4 Å². The zero-order valence-electron chi connectivity index (χ0n) is 17.9. The summed E-state index contributed by atoms with van der Waals surface area (Å²) < 4.78 is 48.4. The fourth-order valence-corrected chi connectivity index (χ4v) is 8.58. The molecule has 192 valence electrons. The Kier molecular flexibility index (Phi) is 8.16. The Labute approximate surface area is 213 Å². The lowest BCUT2D eigenvalue weighted by molar-refractivity contribution is -0.146. The van der Waals surface area contributed by atoms with Crippen molar-refractivity contribution in [3.63, 3.8) is 0 Å². The summed E-state index contributed by atoms with van der Waals surface area (Å²) >= 11 is 6.08. The minimum Gasteiger partial charge on any atom is -0.410 e. The molecule has 14 nitrogen and oxygen atoms in total. The number of nitrogen functional groups attached to an aromatic ring is 1. The number of carbonyl (C=O) groups is 3. The van der Waals surface area contributed by atoms with Gasteiger partial charge in [-0.15, -0.1) is 23.1 Å². The average molecular weight is 585 g/mol. The van der Waals surface area contributed by atoms with E-state index in [0.29, 0.717) is 5.57 Å². The van der Waals surface area contributed by atoms with Crippen LogP contribution >= 0.6 is 35.7 Å². The van der Waals surface area contributed by atoms with E-state index in [1.807, 2.05) is 0 Å². The number of rotatable bonds is 10. The van der Waals surface area contributed by atoms with Crippen molar-refractivity contribution in [2.75, 3.05) is 29.4 Å². The molecule has 5 N–H and O–H groups in total. The number of oxime groups is 1. The number of nitrogens with one attached hydrogen (secondary N) is 2. The van der Waals surface area contributed by atoms with Crippen LogP contribution in [0.2, 0.25) is 0 Å². The molecule has 35 heavy (non-hydrogen) atoms. The predicted molar refractivity (Wildman–Crippen MR) is 132 cm³/mol. The number of nitrogens with two attached hydrogens (primary N) is 1. The molecule has 0 saturated carbocycles. The lowest BCUT2D eigenvalue weighted by atomic mass is 10.0. The Morgan fingerprint density at radius 3 is 2.60 bits per heavy atom. The molecule has 1 aromatic heterocycles. The van der Waals surface area contributed by atoms with Gasteiger partial charge in [0.2, 0.25) is 15.1 Å².